The molecule has 0 saturated carbocycles. The number of hydrogen-bond acceptors (Lipinski definition) is 3. The average Bonchev–Trinajstić information content (AvgIpc) is 2.83. The minimum atomic E-state index is -0.276. The van der Waals surface area contributed by atoms with Gasteiger partial charge in [0.05, 0.1) is 6.54 Å². The number of benzene rings is 1. The van der Waals surface area contributed by atoms with Crippen molar-refractivity contribution < 1.29 is 4.79 Å². The number of aryl methyl sites for hydroxylation is 1. The van der Waals surface area contributed by atoms with Crippen molar-refractivity contribution in [3.63, 3.8) is 0 Å². The fourth-order valence-electron chi connectivity index (χ4n) is 1.82. The Morgan fingerprint density at radius 1 is 1.44 bits per heavy atom. The smallest absolute Gasteiger partial charge is 0.234 e. The lowest BCUT2D eigenvalue weighted by Gasteiger charge is -2.18. The van der Waals surface area contributed by atoms with Gasteiger partial charge in [0, 0.05) is 19.4 Å². The summed E-state index contributed by atoms with van der Waals surface area (Å²) in [7, 11) is 1.90. The normalized spacial score (nSPS) is 12.1. The lowest BCUT2D eigenvalue weighted by atomic mass is 10.1. The molecule has 0 saturated heterocycles. The third-order valence-corrected chi connectivity index (χ3v) is 2.74. The van der Waals surface area contributed by atoms with Gasteiger partial charge in [0.25, 0.3) is 0 Å². The van der Waals surface area contributed by atoms with Crippen LogP contribution in [-0.2, 0) is 11.8 Å². The number of nitrogens with one attached hydrogen (secondary N) is 1. The third kappa shape index (κ3) is 2.57. The van der Waals surface area contributed by atoms with Crippen molar-refractivity contribution >= 4 is 5.91 Å². The lowest BCUT2D eigenvalue weighted by molar-refractivity contribution is -0.120. The van der Waals surface area contributed by atoms with Gasteiger partial charge in [-0.3, -0.25) is 4.79 Å². The maximum Gasteiger partial charge on any atom is 0.234 e. The zero-order valence-corrected chi connectivity index (χ0v) is 10.2. The Bertz CT molecular complexity index is 521. The van der Waals surface area contributed by atoms with Gasteiger partial charge in [0.1, 0.15) is 11.9 Å². The standard InChI is InChI=1S/C13H16N4O/c1-17-8-7-15-13(17)12(16-11(18)9-14)10-5-3-2-4-6-10/h2-8,12H,9,14H2,1H3,(H,16,18). The summed E-state index contributed by atoms with van der Waals surface area (Å²) in [4.78, 5) is 15.8. The van der Waals surface area contributed by atoms with Crippen LogP contribution in [0.3, 0.4) is 0 Å². The molecule has 1 heterocycles. The molecule has 1 unspecified atom stereocenters. The first-order valence-electron chi connectivity index (χ1n) is 5.74. The molecule has 0 aliphatic heterocycles. The van der Waals surface area contributed by atoms with Gasteiger partial charge in [0.2, 0.25) is 5.91 Å². The molecule has 0 bridgehead atoms. The van der Waals surface area contributed by atoms with Crippen LogP contribution in [0.1, 0.15) is 17.4 Å². The number of imidazole rings is 1. The first-order chi connectivity index (χ1) is 8.72. The number of carbonyl (C=O) groups excluding carboxylic acids is 1. The first kappa shape index (κ1) is 12.3. The monoisotopic (exact) mass is 244 g/mol. The van der Waals surface area contributed by atoms with E-state index >= 15 is 0 Å². The Morgan fingerprint density at radius 3 is 2.72 bits per heavy atom. The van der Waals surface area contributed by atoms with E-state index in [1.807, 2.05) is 48.1 Å². The summed E-state index contributed by atoms with van der Waals surface area (Å²) in [5.74, 6) is 0.579. The van der Waals surface area contributed by atoms with Crippen LogP contribution in [0.25, 0.3) is 0 Å². The SMILES string of the molecule is Cn1ccnc1C(NC(=O)CN)c1ccccc1. The van der Waals surface area contributed by atoms with E-state index in [1.165, 1.54) is 0 Å². The van der Waals surface area contributed by atoms with E-state index in [-0.39, 0.29) is 18.5 Å². The minimum absolute atomic E-state index is 0.0340. The van der Waals surface area contributed by atoms with Gasteiger partial charge >= 0.3 is 0 Å². The van der Waals surface area contributed by atoms with E-state index in [1.54, 1.807) is 6.20 Å². The number of amides is 1. The van der Waals surface area contributed by atoms with Crippen LogP contribution in [0.2, 0.25) is 0 Å². The molecule has 1 aromatic carbocycles. The summed E-state index contributed by atoms with van der Waals surface area (Å²) in [6, 6.07) is 9.43. The average molecular weight is 244 g/mol. The summed E-state index contributed by atoms with van der Waals surface area (Å²) in [6.07, 6.45) is 3.56. The molecule has 5 nitrogen and oxygen atoms in total. The highest BCUT2D eigenvalue weighted by Gasteiger charge is 2.19. The van der Waals surface area contributed by atoms with E-state index in [4.69, 9.17) is 5.73 Å². The van der Waals surface area contributed by atoms with Crippen molar-refractivity contribution in [2.45, 2.75) is 6.04 Å². The van der Waals surface area contributed by atoms with Crippen LogP contribution in [0.5, 0.6) is 0 Å². The first-order valence-corrected chi connectivity index (χ1v) is 5.74. The van der Waals surface area contributed by atoms with Crippen LogP contribution in [0, 0.1) is 0 Å². The maximum absolute atomic E-state index is 11.5. The molecule has 18 heavy (non-hydrogen) atoms. The van der Waals surface area contributed by atoms with Crippen molar-refractivity contribution in [2.24, 2.45) is 12.8 Å². The predicted octanol–water partition coefficient (Wildman–Crippen LogP) is 0.584. The Balaban J connectivity index is 2.35. The third-order valence-electron chi connectivity index (χ3n) is 2.74. The second kappa shape index (κ2) is 5.46. The molecule has 1 atom stereocenters. The van der Waals surface area contributed by atoms with Crippen LogP contribution in [0.4, 0.5) is 0 Å². The lowest BCUT2D eigenvalue weighted by Crippen LogP contribution is -2.35. The molecule has 0 aliphatic rings. The number of hydrogen-bond donors (Lipinski definition) is 2. The zero-order valence-electron chi connectivity index (χ0n) is 10.2. The highest BCUT2D eigenvalue weighted by Crippen LogP contribution is 2.19. The molecule has 3 N–H and O–H groups in total. The Hall–Kier alpha value is -2.14. The van der Waals surface area contributed by atoms with E-state index in [2.05, 4.69) is 10.3 Å². The highest BCUT2D eigenvalue weighted by molar-refractivity contribution is 5.78. The van der Waals surface area contributed by atoms with Gasteiger partial charge in [-0.2, -0.15) is 0 Å². The maximum atomic E-state index is 11.5. The molecule has 2 rings (SSSR count). The number of nitrogens with two attached hydrogens (primary N) is 1. The zero-order chi connectivity index (χ0) is 13.0. The Morgan fingerprint density at radius 2 is 2.17 bits per heavy atom. The second-order valence-corrected chi connectivity index (χ2v) is 4.01. The van der Waals surface area contributed by atoms with Gasteiger partial charge in [-0.25, -0.2) is 4.98 Å². The predicted molar refractivity (Wildman–Crippen MR) is 68.7 cm³/mol. The van der Waals surface area contributed by atoms with E-state index in [0.29, 0.717) is 0 Å². The van der Waals surface area contributed by atoms with E-state index in [0.717, 1.165) is 11.4 Å². The van der Waals surface area contributed by atoms with Crippen molar-refractivity contribution in [1.82, 2.24) is 14.9 Å². The molecular formula is C13H16N4O. The molecule has 5 heteroatoms. The molecule has 0 radical (unpaired) electrons. The van der Waals surface area contributed by atoms with Crippen LogP contribution < -0.4 is 11.1 Å². The molecule has 0 fully saturated rings. The molecule has 0 aliphatic carbocycles. The Kier molecular flexibility index (Phi) is 3.74. The highest BCUT2D eigenvalue weighted by atomic mass is 16.1. The number of nitrogens with zero attached hydrogens (tertiary/aromatic N) is 2. The number of carbonyl (C=O) groups is 1. The summed E-state index contributed by atoms with van der Waals surface area (Å²) in [5, 5.41) is 2.88. The second-order valence-electron chi connectivity index (χ2n) is 4.01. The van der Waals surface area contributed by atoms with Crippen molar-refractivity contribution in [3.8, 4) is 0 Å². The summed E-state index contributed by atoms with van der Waals surface area (Å²) in [6.45, 7) is -0.0340. The van der Waals surface area contributed by atoms with Crippen molar-refractivity contribution in [1.29, 1.82) is 0 Å². The van der Waals surface area contributed by atoms with Gasteiger partial charge in [-0.05, 0) is 5.56 Å². The van der Waals surface area contributed by atoms with Gasteiger partial charge in [0.15, 0.2) is 0 Å². The van der Waals surface area contributed by atoms with Crippen LogP contribution >= 0.6 is 0 Å². The molecule has 2 aromatic rings. The fraction of sp³-hybridized carbons (Fsp3) is 0.231. The summed E-state index contributed by atoms with van der Waals surface area (Å²) in [5.41, 5.74) is 6.33. The van der Waals surface area contributed by atoms with Crippen molar-refractivity contribution in [3.05, 3.63) is 54.1 Å². The van der Waals surface area contributed by atoms with Gasteiger partial charge in [-0.15, -0.1) is 0 Å². The number of aromatic nitrogens is 2. The molecule has 1 aromatic heterocycles. The molecular weight excluding hydrogens is 228 g/mol. The fourth-order valence-corrected chi connectivity index (χ4v) is 1.82. The molecule has 1 amide bonds. The van der Waals surface area contributed by atoms with E-state index in [9.17, 15) is 4.79 Å². The van der Waals surface area contributed by atoms with Gasteiger partial charge in [-0.1, -0.05) is 30.3 Å². The topological polar surface area (TPSA) is 72.9 Å². The largest absolute Gasteiger partial charge is 0.341 e. The molecule has 94 valence electrons. The number of rotatable bonds is 4. The van der Waals surface area contributed by atoms with Crippen LogP contribution in [-0.4, -0.2) is 22.0 Å². The minimum Gasteiger partial charge on any atom is -0.341 e. The van der Waals surface area contributed by atoms with Gasteiger partial charge < -0.3 is 15.6 Å². The molecule has 0 spiro atoms. The quantitative estimate of drug-likeness (QED) is 0.826. The van der Waals surface area contributed by atoms with Crippen molar-refractivity contribution in [2.75, 3.05) is 6.54 Å². The van der Waals surface area contributed by atoms with E-state index < -0.39 is 0 Å². The summed E-state index contributed by atoms with van der Waals surface area (Å²) < 4.78 is 1.88. The Labute approximate surface area is 106 Å². The van der Waals surface area contributed by atoms with Crippen LogP contribution in [0.15, 0.2) is 42.7 Å². The summed E-state index contributed by atoms with van der Waals surface area (Å²) >= 11 is 0.